The normalized spacial score (nSPS) is 33.5. The fourth-order valence-electron chi connectivity index (χ4n) is 1.76. The first-order valence-corrected chi connectivity index (χ1v) is 6.44. The summed E-state index contributed by atoms with van der Waals surface area (Å²) in [6, 6.07) is 0. The maximum Gasteiger partial charge on any atom is 0.150 e. The fourth-order valence-corrected chi connectivity index (χ4v) is 2.85. The van der Waals surface area contributed by atoms with E-state index in [1.165, 1.54) is 6.26 Å². The van der Waals surface area contributed by atoms with E-state index < -0.39 is 15.4 Å². The van der Waals surface area contributed by atoms with Crippen LogP contribution >= 0.6 is 12.4 Å². The Bertz CT molecular complexity index is 270. The predicted molar refractivity (Wildman–Crippen MR) is 58.4 cm³/mol. The summed E-state index contributed by atoms with van der Waals surface area (Å²) < 4.78 is 22.3. The Morgan fingerprint density at radius 1 is 1.43 bits per heavy atom. The average Bonchev–Trinajstić information content (AvgIpc) is 2.04. The molecular formula is C8H18ClNO3S. The molecule has 0 spiro atoms. The van der Waals surface area contributed by atoms with Crippen molar-refractivity contribution in [1.82, 2.24) is 0 Å². The molecule has 0 saturated heterocycles. The molecule has 0 aromatic rings. The predicted octanol–water partition coefficient (Wildman–Crippen LogP) is 0.0852. The maximum absolute atomic E-state index is 11.2. The highest BCUT2D eigenvalue weighted by molar-refractivity contribution is 7.91. The summed E-state index contributed by atoms with van der Waals surface area (Å²) in [6.45, 7) is 0.226. The first-order chi connectivity index (χ1) is 5.87. The first-order valence-electron chi connectivity index (χ1n) is 4.49. The van der Waals surface area contributed by atoms with Crippen LogP contribution < -0.4 is 5.73 Å². The molecule has 4 nitrogen and oxygen atoms in total. The lowest BCUT2D eigenvalue weighted by Gasteiger charge is -2.34. The standard InChI is InChI=1S/C8H17NO3S.ClH/c1-13(11,12)7-2-4-8(10,6-9)5-3-7;/h7,10H,2-6,9H2,1H3;1H/t7-,8-;. The summed E-state index contributed by atoms with van der Waals surface area (Å²) in [7, 11) is -2.94. The molecule has 1 aliphatic carbocycles. The van der Waals surface area contributed by atoms with E-state index in [4.69, 9.17) is 5.73 Å². The fraction of sp³-hybridized carbons (Fsp3) is 1.00. The maximum atomic E-state index is 11.2. The SMILES string of the molecule is CS(=O)(=O)[C@H]1CC[C@@](O)(CN)CC1.Cl. The number of sulfone groups is 1. The van der Waals surface area contributed by atoms with Crippen LogP contribution in [0.1, 0.15) is 25.7 Å². The quantitative estimate of drug-likeness (QED) is 0.720. The van der Waals surface area contributed by atoms with Gasteiger partial charge in [0.2, 0.25) is 0 Å². The van der Waals surface area contributed by atoms with Gasteiger partial charge in [0.05, 0.1) is 10.9 Å². The first kappa shape index (κ1) is 14.2. The summed E-state index contributed by atoms with van der Waals surface area (Å²) in [6.07, 6.45) is 3.33. The zero-order chi connectivity index (χ0) is 10.1. The molecule has 0 radical (unpaired) electrons. The number of hydrogen-bond acceptors (Lipinski definition) is 4. The van der Waals surface area contributed by atoms with E-state index in [0.29, 0.717) is 25.7 Å². The van der Waals surface area contributed by atoms with E-state index in [1.807, 2.05) is 0 Å². The van der Waals surface area contributed by atoms with Crippen molar-refractivity contribution in [3.8, 4) is 0 Å². The molecular weight excluding hydrogens is 226 g/mol. The summed E-state index contributed by atoms with van der Waals surface area (Å²) in [5.74, 6) is 0. The van der Waals surface area contributed by atoms with Crippen LogP contribution in [0.4, 0.5) is 0 Å². The molecule has 86 valence electrons. The molecule has 0 aliphatic heterocycles. The van der Waals surface area contributed by atoms with Crippen molar-refractivity contribution in [1.29, 1.82) is 0 Å². The van der Waals surface area contributed by atoms with Crippen LogP contribution in [-0.4, -0.2) is 37.2 Å². The third-order valence-corrected chi connectivity index (χ3v) is 4.53. The van der Waals surface area contributed by atoms with Gasteiger partial charge in [-0.05, 0) is 25.7 Å². The molecule has 1 saturated carbocycles. The van der Waals surface area contributed by atoms with Crippen molar-refractivity contribution in [3.63, 3.8) is 0 Å². The van der Waals surface area contributed by atoms with Crippen LogP contribution in [0.25, 0.3) is 0 Å². The van der Waals surface area contributed by atoms with Gasteiger partial charge in [-0.2, -0.15) is 0 Å². The highest BCUT2D eigenvalue weighted by Crippen LogP contribution is 2.30. The minimum Gasteiger partial charge on any atom is -0.389 e. The average molecular weight is 244 g/mol. The minimum absolute atomic E-state index is 0. The molecule has 1 aliphatic rings. The zero-order valence-electron chi connectivity index (χ0n) is 8.27. The van der Waals surface area contributed by atoms with Gasteiger partial charge in [-0.25, -0.2) is 8.42 Å². The molecule has 0 unspecified atom stereocenters. The number of halogens is 1. The Balaban J connectivity index is 0.00000169. The van der Waals surface area contributed by atoms with Gasteiger partial charge in [0.25, 0.3) is 0 Å². The summed E-state index contributed by atoms with van der Waals surface area (Å²) in [5, 5.41) is 9.47. The highest BCUT2D eigenvalue weighted by Gasteiger charge is 2.35. The topological polar surface area (TPSA) is 80.4 Å². The molecule has 0 amide bonds. The largest absolute Gasteiger partial charge is 0.389 e. The lowest BCUT2D eigenvalue weighted by Crippen LogP contribution is -2.43. The Morgan fingerprint density at radius 2 is 1.86 bits per heavy atom. The van der Waals surface area contributed by atoms with Crippen LogP contribution in [0.3, 0.4) is 0 Å². The number of nitrogens with two attached hydrogens (primary N) is 1. The molecule has 0 bridgehead atoms. The van der Waals surface area contributed by atoms with E-state index in [2.05, 4.69) is 0 Å². The van der Waals surface area contributed by atoms with Gasteiger partial charge >= 0.3 is 0 Å². The Labute approximate surface area is 91.2 Å². The van der Waals surface area contributed by atoms with E-state index in [-0.39, 0.29) is 24.2 Å². The molecule has 3 N–H and O–H groups in total. The van der Waals surface area contributed by atoms with E-state index in [0.717, 1.165) is 0 Å². The van der Waals surface area contributed by atoms with Gasteiger partial charge in [0.1, 0.15) is 9.84 Å². The van der Waals surface area contributed by atoms with Gasteiger partial charge in [-0.3, -0.25) is 0 Å². The van der Waals surface area contributed by atoms with Gasteiger partial charge in [0, 0.05) is 12.8 Å². The lowest BCUT2D eigenvalue weighted by atomic mass is 9.85. The third-order valence-electron chi connectivity index (χ3n) is 2.85. The lowest BCUT2D eigenvalue weighted by molar-refractivity contribution is 0.0137. The summed E-state index contributed by atoms with van der Waals surface area (Å²) >= 11 is 0. The van der Waals surface area contributed by atoms with Gasteiger partial charge in [-0.15, -0.1) is 12.4 Å². The smallest absolute Gasteiger partial charge is 0.150 e. The van der Waals surface area contributed by atoms with Crippen molar-refractivity contribution in [2.45, 2.75) is 36.5 Å². The van der Waals surface area contributed by atoms with Crippen molar-refractivity contribution in [2.75, 3.05) is 12.8 Å². The molecule has 0 atom stereocenters. The van der Waals surface area contributed by atoms with Crippen LogP contribution in [0, 0.1) is 0 Å². The van der Waals surface area contributed by atoms with E-state index >= 15 is 0 Å². The van der Waals surface area contributed by atoms with Gasteiger partial charge < -0.3 is 10.8 Å². The highest BCUT2D eigenvalue weighted by atomic mass is 35.5. The molecule has 0 aromatic carbocycles. The molecule has 0 heterocycles. The number of aliphatic hydroxyl groups is 1. The second kappa shape index (κ2) is 4.79. The molecule has 6 heteroatoms. The second-order valence-corrected chi connectivity index (χ2v) is 6.28. The monoisotopic (exact) mass is 243 g/mol. The molecule has 1 fully saturated rings. The van der Waals surface area contributed by atoms with Gasteiger partial charge in [-0.1, -0.05) is 0 Å². The van der Waals surface area contributed by atoms with Crippen LogP contribution in [-0.2, 0) is 9.84 Å². The Hall–Kier alpha value is 0.160. The molecule has 0 aromatic heterocycles. The van der Waals surface area contributed by atoms with Crippen LogP contribution in [0.2, 0.25) is 0 Å². The van der Waals surface area contributed by atoms with Gasteiger partial charge in [0.15, 0.2) is 0 Å². The Morgan fingerprint density at radius 3 is 2.14 bits per heavy atom. The molecule has 1 rings (SSSR count). The van der Waals surface area contributed by atoms with Crippen molar-refractivity contribution >= 4 is 22.2 Å². The van der Waals surface area contributed by atoms with Crippen LogP contribution in [0.15, 0.2) is 0 Å². The van der Waals surface area contributed by atoms with Crippen LogP contribution in [0.5, 0.6) is 0 Å². The van der Waals surface area contributed by atoms with E-state index in [9.17, 15) is 13.5 Å². The molecule has 14 heavy (non-hydrogen) atoms. The minimum atomic E-state index is -2.94. The van der Waals surface area contributed by atoms with Crippen molar-refractivity contribution in [2.24, 2.45) is 5.73 Å². The zero-order valence-corrected chi connectivity index (χ0v) is 9.90. The number of rotatable bonds is 2. The number of hydrogen-bond donors (Lipinski definition) is 2. The van der Waals surface area contributed by atoms with Crippen molar-refractivity contribution < 1.29 is 13.5 Å². The Kier molecular flexibility index (Phi) is 4.84. The third kappa shape index (κ3) is 3.38. The van der Waals surface area contributed by atoms with E-state index in [1.54, 1.807) is 0 Å². The van der Waals surface area contributed by atoms with Crippen molar-refractivity contribution in [3.05, 3.63) is 0 Å². The summed E-state index contributed by atoms with van der Waals surface area (Å²) in [5.41, 5.74) is 4.57. The summed E-state index contributed by atoms with van der Waals surface area (Å²) in [4.78, 5) is 0. The second-order valence-electron chi connectivity index (χ2n) is 3.96.